The third kappa shape index (κ3) is 4.31. The summed E-state index contributed by atoms with van der Waals surface area (Å²) in [7, 11) is 0. The van der Waals surface area contributed by atoms with Gasteiger partial charge in [-0.05, 0) is 24.6 Å². The molecule has 0 spiro atoms. The van der Waals surface area contributed by atoms with Crippen molar-refractivity contribution in [1.29, 1.82) is 5.26 Å². The quantitative estimate of drug-likeness (QED) is 0.341. The van der Waals surface area contributed by atoms with E-state index in [0.29, 0.717) is 26.9 Å². The molecule has 0 fully saturated rings. The minimum absolute atomic E-state index is 0.00369. The predicted octanol–water partition coefficient (Wildman–Crippen LogP) is 5.66. The number of thiazole rings is 1. The second-order valence-electron chi connectivity index (χ2n) is 5.62. The molecule has 6 nitrogen and oxygen atoms in total. The third-order valence-electron chi connectivity index (χ3n) is 3.76. The summed E-state index contributed by atoms with van der Waals surface area (Å²) in [6.45, 7) is 1.91. The molecule has 0 atom stereocenters. The van der Waals surface area contributed by atoms with Crippen molar-refractivity contribution in [3.63, 3.8) is 0 Å². The van der Waals surface area contributed by atoms with Gasteiger partial charge in [-0.3, -0.25) is 10.1 Å². The summed E-state index contributed by atoms with van der Waals surface area (Å²) in [5.41, 5.74) is 3.28. The van der Waals surface area contributed by atoms with Gasteiger partial charge in [-0.1, -0.05) is 29.8 Å². The van der Waals surface area contributed by atoms with Gasteiger partial charge in [0.15, 0.2) is 0 Å². The topological polar surface area (TPSA) is 91.8 Å². The molecule has 2 aromatic carbocycles. The highest BCUT2D eigenvalue weighted by molar-refractivity contribution is 7.11. The van der Waals surface area contributed by atoms with Crippen LogP contribution in [0.1, 0.15) is 10.6 Å². The number of nitrogens with zero attached hydrogens (tertiary/aromatic N) is 3. The zero-order chi connectivity index (χ0) is 19.4. The molecule has 0 aliphatic rings. The van der Waals surface area contributed by atoms with E-state index in [1.807, 2.05) is 19.1 Å². The number of halogens is 1. The number of nitrogens with one attached hydrogen (secondary N) is 1. The number of hydrogen-bond acceptors (Lipinski definition) is 6. The van der Waals surface area contributed by atoms with Crippen LogP contribution in [0, 0.1) is 28.4 Å². The van der Waals surface area contributed by atoms with Crippen molar-refractivity contribution in [2.45, 2.75) is 6.92 Å². The lowest BCUT2D eigenvalue weighted by Crippen LogP contribution is -1.92. The van der Waals surface area contributed by atoms with E-state index in [1.54, 1.807) is 29.8 Å². The number of nitriles is 1. The van der Waals surface area contributed by atoms with E-state index >= 15 is 0 Å². The largest absolute Gasteiger partial charge is 0.360 e. The minimum atomic E-state index is -0.450. The van der Waals surface area contributed by atoms with Crippen LogP contribution in [0.3, 0.4) is 0 Å². The lowest BCUT2D eigenvalue weighted by molar-refractivity contribution is -0.384. The Hall–Kier alpha value is -3.21. The first-order chi connectivity index (χ1) is 13.0. The van der Waals surface area contributed by atoms with Crippen molar-refractivity contribution < 1.29 is 4.92 Å². The summed E-state index contributed by atoms with van der Waals surface area (Å²) in [5, 5.41) is 26.3. The molecule has 8 heteroatoms. The number of allylic oxidation sites excluding steroid dienone is 1. The van der Waals surface area contributed by atoms with Crippen LogP contribution in [-0.4, -0.2) is 9.91 Å². The smallest absolute Gasteiger partial charge is 0.270 e. The van der Waals surface area contributed by atoms with E-state index in [-0.39, 0.29) is 5.69 Å². The molecule has 0 saturated heterocycles. The number of nitro groups is 1. The van der Waals surface area contributed by atoms with E-state index in [2.05, 4.69) is 16.4 Å². The molecule has 0 aliphatic carbocycles. The van der Waals surface area contributed by atoms with E-state index in [0.717, 1.165) is 11.3 Å². The molecule has 3 aromatic rings. The van der Waals surface area contributed by atoms with Crippen LogP contribution < -0.4 is 5.32 Å². The highest BCUT2D eigenvalue weighted by atomic mass is 35.5. The number of aryl methyl sites for hydroxylation is 1. The van der Waals surface area contributed by atoms with Gasteiger partial charge in [-0.25, -0.2) is 4.98 Å². The second kappa shape index (κ2) is 7.99. The minimum Gasteiger partial charge on any atom is -0.360 e. The summed E-state index contributed by atoms with van der Waals surface area (Å²) < 4.78 is 0. The van der Waals surface area contributed by atoms with E-state index in [1.165, 1.54) is 23.5 Å². The average Bonchev–Trinajstić information content (AvgIpc) is 3.15. The fourth-order valence-electron chi connectivity index (χ4n) is 2.29. The Labute approximate surface area is 164 Å². The summed E-state index contributed by atoms with van der Waals surface area (Å²) >= 11 is 7.40. The van der Waals surface area contributed by atoms with Gasteiger partial charge in [-0.15, -0.1) is 11.3 Å². The summed E-state index contributed by atoms with van der Waals surface area (Å²) in [6.07, 6.45) is 1.57. The molecule has 1 N–H and O–H groups in total. The van der Waals surface area contributed by atoms with Crippen molar-refractivity contribution in [2.24, 2.45) is 0 Å². The van der Waals surface area contributed by atoms with Crippen LogP contribution in [0.25, 0.3) is 16.8 Å². The van der Waals surface area contributed by atoms with Crippen molar-refractivity contribution >= 4 is 39.9 Å². The van der Waals surface area contributed by atoms with Crippen molar-refractivity contribution in [2.75, 3.05) is 5.32 Å². The lowest BCUT2D eigenvalue weighted by atomic mass is 10.1. The molecule has 0 saturated carbocycles. The van der Waals surface area contributed by atoms with Crippen LogP contribution in [0.5, 0.6) is 0 Å². The molecular weight excluding hydrogens is 384 g/mol. The Bertz CT molecular complexity index is 1090. The summed E-state index contributed by atoms with van der Waals surface area (Å²) in [4.78, 5) is 14.9. The zero-order valence-corrected chi connectivity index (χ0v) is 15.7. The third-order valence-corrected chi connectivity index (χ3v) is 5.05. The highest BCUT2D eigenvalue weighted by Crippen LogP contribution is 2.28. The molecule has 27 heavy (non-hydrogen) atoms. The maximum absolute atomic E-state index is 10.9. The maximum Gasteiger partial charge on any atom is 0.270 e. The Morgan fingerprint density at radius 1 is 1.37 bits per heavy atom. The Morgan fingerprint density at radius 2 is 2.19 bits per heavy atom. The SMILES string of the molecule is Cc1ccc(NC=C(C#N)c2nc(-c3cccc([N+](=O)[O-])c3)cs2)cc1Cl. The first kappa shape index (κ1) is 18.6. The van der Waals surface area contributed by atoms with Gasteiger partial charge in [0.05, 0.1) is 10.6 Å². The number of non-ortho nitro benzene ring substituents is 1. The maximum atomic E-state index is 10.9. The molecule has 0 amide bonds. The molecule has 0 radical (unpaired) electrons. The van der Waals surface area contributed by atoms with Crippen molar-refractivity contribution in [3.05, 3.63) is 79.8 Å². The Morgan fingerprint density at radius 3 is 2.89 bits per heavy atom. The van der Waals surface area contributed by atoms with E-state index < -0.39 is 4.92 Å². The number of nitro benzene ring substituents is 1. The predicted molar refractivity (Wildman–Crippen MR) is 108 cm³/mol. The van der Waals surface area contributed by atoms with Gasteiger partial charge >= 0.3 is 0 Å². The molecule has 0 unspecified atom stereocenters. The Balaban J connectivity index is 1.85. The van der Waals surface area contributed by atoms with Gasteiger partial charge in [0.2, 0.25) is 0 Å². The van der Waals surface area contributed by atoms with Gasteiger partial charge in [0.1, 0.15) is 16.6 Å². The van der Waals surface area contributed by atoms with Gasteiger partial charge < -0.3 is 5.32 Å². The number of benzene rings is 2. The number of aromatic nitrogens is 1. The highest BCUT2D eigenvalue weighted by Gasteiger charge is 2.12. The van der Waals surface area contributed by atoms with Crippen LogP contribution >= 0.6 is 22.9 Å². The van der Waals surface area contributed by atoms with Gasteiger partial charge in [0.25, 0.3) is 5.69 Å². The summed E-state index contributed by atoms with van der Waals surface area (Å²) in [6, 6.07) is 13.9. The summed E-state index contributed by atoms with van der Waals surface area (Å²) in [5.74, 6) is 0. The first-order valence-corrected chi connectivity index (χ1v) is 9.07. The molecule has 1 heterocycles. The second-order valence-corrected chi connectivity index (χ2v) is 6.89. The van der Waals surface area contributed by atoms with Crippen LogP contribution in [0.2, 0.25) is 5.02 Å². The van der Waals surface area contributed by atoms with Crippen LogP contribution in [0.15, 0.2) is 54.0 Å². The molecular formula is C19H13ClN4O2S. The zero-order valence-electron chi connectivity index (χ0n) is 14.1. The van der Waals surface area contributed by atoms with Gasteiger partial charge in [-0.2, -0.15) is 5.26 Å². The van der Waals surface area contributed by atoms with Crippen LogP contribution in [-0.2, 0) is 0 Å². The van der Waals surface area contributed by atoms with Crippen LogP contribution in [0.4, 0.5) is 11.4 Å². The van der Waals surface area contributed by atoms with Crippen molar-refractivity contribution in [1.82, 2.24) is 4.98 Å². The molecule has 3 rings (SSSR count). The molecule has 0 aliphatic heterocycles. The molecule has 134 valence electrons. The fraction of sp³-hybridized carbons (Fsp3) is 0.0526. The van der Waals surface area contributed by atoms with E-state index in [4.69, 9.17) is 11.6 Å². The standard InChI is InChI=1S/C19H13ClN4O2S/c1-12-5-6-15(8-17(12)20)22-10-14(9-21)19-23-18(11-27-19)13-3-2-4-16(7-13)24(25)26/h2-8,10-11,22H,1H3. The molecule has 0 bridgehead atoms. The van der Waals surface area contributed by atoms with Gasteiger partial charge in [0, 0.05) is 40.0 Å². The molecule has 1 aromatic heterocycles. The normalized spacial score (nSPS) is 11.1. The first-order valence-electron chi connectivity index (χ1n) is 7.81. The number of anilines is 1. The lowest BCUT2D eigenvalue weighted by Gasteiger charge is -2.04. The Kier molecular flexibility index (Phi) is 5.50. The van der Waals surface area contributed by atoms with Crippen molar-refractivity contribution in [3.8, 4) is 17.3 Å². The monoisotopic (exact) mass is 396 g/mol. The fourth-order valence-corrected chi connectivity index (χ4v) is 3.26. The number of rotatable bonds is 5. The average molecular weight is 397 g/mol. The number of hydrogen-bond donors (Lipinski definition) is 1. The van der Waals surface area contributed by atoms with E-state index in [9.17, 15) is 15.4 Å².